The fourth-order valence-electron chi connectivity index (χ4n) is 3.02. The van der Waals surface area contributed by atoms with Crippen molar-refractivity contribution in [3.8, 4) is 0 Å². The maximum absolute atomic E-state index is 12.0. The quantitative estimate of drug-likeness (QED) is 0.941. The normalized spacial score (nSPS) is 23.1. The van der Waals surface area contributed by atoms with E-state index in [1.165, 1.54) is 22.6 Å². The van der Waals surface area contributed by atoms with E-state index in [0.717, 1.165) is 13.0 Å². The molecule has 2 atom stereocenters. The molecule has 0 aliphatic carbocycles. The van der Waals surface area contributed by atoms with Gasteiger partial charge in [0, 0.05) is 22.8 Å². The molecule has 3 heterocycles. The topological polar surface area (TPSA) is 45.2 Å². The number of carbonyl (C=O) groups is 1. The molecule has 6 heteroatoms. The molecule has 21 heavy (non-hydrogen) atoms. The van der Waals surface area contributed by atoms with Gasteiger partial charge in [-0.15, -0.1) is 22.7 Å². The van der Waals surface area contributed by atoms with E-state index < -0.39 is 0 Å². The van der Waals surface area contributed by atoms with Gasteiger partial charge in [0.25, 0.3) is 5.91 Å². The van der Waals surface area contributed by atoms with Gasteiger partial charge in [0.2, 0.25) is 0 Å². The molecule has 1 fully saturated rings. The number of thiazole rings is 1. The minimum atomic E-state index is -0.0607. The molecule has 1 aliphatic rings. The molecule has 2 aromatic rings. The Morgan fingerprint density at radius 3 is 3.19 bits per heavy atom. The maximum Gasteiger partial charge on any atom is 0.270 e. The molecule has 1 saturated heterocycles. The Hall–Kier alpha value is -1.24. The number of rotatable bonds is 4. The van der Waals surface area contributed by atoms with Gasteiger partial charge in [-0.25, -0.2) is 4.98 Å². The van der Waals surface area contributed by atoms with Gasteiger partial charge in [0.1, 0.15) is 5.69 Å². The zero-order valence-corrected chi connectivity index (χ0v) is 13.6. The lowest BCUT2D eigenvalue weighted by Crippen LogP contribution is -2.41. The minimum Gasteiger partial charge on any atom is -0.350 e. The number of likely N-dealkylation sites (tertiary alicyclic amines) is 1. The molecule has 2 aromatic heterocycles. The lowest BCUT2D eigenvalue weighted by molar-refractivity contribution is 0.0891. The molecule has 3 rings (SSSR count). The van der Waals surface area contributed by atoms with E-state index in [4.69, 9.17) is 0 Å². The summed E-state index contributed by atoms with van der Waals surface area (Å²) in [5.41, 5.74) is 2.22. The molecule has 1 N–H and O–H groups in total. The average Bonchev–Trinajstić information content (AvgIpc) is 3.17. The second-order valence-electron chi connectivity index (χ2n) is 5.43. The molecule has 0 saturated carbocycles. The Bertz CT molecular complexity index is 568. The zero-order chi connectivity index (χ0) is 14.7. The third-order valence-corrected chi connectivity index (χ3v) is 5.56. The summed E-state index contributed by atoms with van der Waals surface area (Å²) in [6.45, 7) is 1.84. The van der Waals surface area contributed by atoms with E-state index in [1.807, 2.05) is 0 Å². The van der Waals surface area contributed by atoms with Crippen LogP contribution in [-0.4, -0.2) is 35.9 Å². The molecule has 0 spiro atoms. The molecular weight excluding hydrogens is 302 g/mol. The summed E-state index contributed by atoms with van der Waals surface area (Å²) < 4.78 is 0. The fraction of sp³-hybridized carbons (Fsp3) is 0.467. The lowest BCUT2D eigenvalue weighted by Gasteiger charge is -2.38. The fourth-order valence-corrected chi connectivity index (χ4v) is 4.54. The first-order chi connectivity index (χ1) is 10.3. The van der Waals surface area contributed by atoms with Crippen LogP contribution in [0.15, 0.2) is 28.4 Å². The number of amides is 1. The highest BCUT2D eigenvalue weighted by atomic mass is 32.1. The number of piperidine rings is 1. The smallest absolute Gasteiger partial charge is 0.270 e. The van der Waals surface area contributed by atoms with Gasteiger partial charge in [-0.2, -0.15) is 0 Å². The van der Waals surface area contributed by atoms with Crippen LogP contribution < -0.4 is 5.32 Å². The Balaban J connectivity index is 1.66. The highest BCUT2D eigenvalue weighted by molar-refractivity contribution is 7.10. The van der Waals surface area contributed by atoms with E-state index in [-0.39, 0.29) is 5.91 Å². The van der Waals surface area contributed by atoms with Crippen LogP contribution >= 0.6 is 22.7 Å². The highest BCUT2D eigenvalue weighted by Crippen LogP contribution is 2.36. The van der Waals surface area contributed by atoms with Crippen molar-refractivity contribution in [3.63, 3.8) is 0 Å². The molecule has 0 aromatic carbocycles. The molecule has 1 amide bonds. The first-order valence-electron chi connectivity index (χ1n) is 7.15. The predicted molar refractivity (Wildman–Crippen MR) is 86.9 cm³/mol. The van der Waals surface area contributed by atoms with Crippen LogP contribution in [0.4, 0.5) is 0 Å². The second kappa shape index (κ2) is 6.68. The van der Waals surface area contributed by atoms with Gasteiger partial charge in [-0.3, -0.25) is 9.69 Å². The van der Waals surface area contributed by atoms with E-state index >= 15 is 0 Å². The van der Waals surface area contributed by atoms with Crippen molar-refractivity contribution in [3.05, 3.63) is 39.0 Å². The van der Waals surface area contributed by atoms with Crippen molar-refractivity contribution in [2.45, 2.75) is 18.9 Å². The van der Waals surface area contributed by atoms with Crippen LogP contribution in [0.25, 0.3) is 0 Å². The van der Waals surface area contributed by atoms with Crippen molar-refractivity contribution in [1.82, 2.24) is 15.2 Å². The minimum absolute atomic E-state index is 0.0607. The Kier molecular flexibility index (Phi) is 4.67. The van der Waals surface area contributed by atoms with E-state index in [2.05, 4.69) is 39.8 Å². The van der Waals surface area contributed by atoms with E-state index in [0.29, 0.717) is 24.2 Å². The second-order valence-corrected chi connectivity index (χ2v) is 7.12. The summed E-state index contributed by atoms with van der Waals surface area (Å²) in [6.07, 6.45) is 2.35. The molecule has 0 unspecified atom stereocenters. The highest BCUT2D eigenvalue weighted by Gasteiger charge is 2.31. The summed E-state index contributed by atoms with van der Waals surface area (Å²) in [5, 5.41) is 6.97. The third kappa shape index (κ3) is 3.33. The summed E-state index contributed by atoms with van der Waals surface area (Å²) in [7, 11) is 2.18. The summed E-state index contributed by atoms with van der Waals surface area (Å²) in [5.74, 6) is 0.402. The summed E-state index contributed by atoms with van der Waals surface area (Å²) in [4.78, 5) is 19.9. The van der Waals surface area contributed by atoms with Crippen molar-refractivity contribution >= 4 is 28.6 Å². The van der Waals surface area contributed by atoms with Gasteiger partial charge in [0.05, 0.1) is 5.51 Å². The van der Waals surface area contributed by atoms with Crippen molar-refractivity contribution in [2.75, 3.05) is 20.1 Å². The molecule has 1 aliphatic heterocycles. The Morgan fingerprint density at radius 1 is 1.57 bits per heavy atom. The maximum atomic E-state index is 12.0. The van der Waals surface area contributed by atoms with Gasteiger partial charge in [0.15, 0.2) is 0 Å². The predicted octanol–water partition coefficient (Wildman–Crippen LogP) is 3.02. The first kappa shape index (κ1) is 14.7. The standard InChI is InChI=1S/C15H19N3OS2/c1-18-6-2-4-11(14(18)13-5-3-7-21-13)8-16-15(19)12-9-20-10-17-12/h3,5,7,9-11,14H,2,4,6,8H2,1H3,(H,16,19)/t11-,14+/m1/s1. The van der Waals surface area contributed by atoms with Crippen LogP contribution in [-0.2, 0) is 0 Å². The van der Waals surface area contributed by atoms with Crippen molar-refractivity contribution in [1.29, 1.82) is 0 Å². The molecular formula is C15H19N3OS2. The summed E-state index contributed by atoms with van der Waals surface area (Å²) in [6, 6.07) is 4.72. The van der Waals surface area contributed by atoms with Gasteiger partial charge in [-0.1, -0.05) is 6.07 Å². The summed E-state index contributed by atoms with van der Waals surface area (Å²) >= 11 is 3.25. The average molecular weight is 321 g/mol. The SMILES string of the molecule is CN1CCC[C@H](CNC(=O)c2cscn2)[C@H]1c1cccs1. The number of nitrogens with one attached hydrogen (secondary N) is 1. The van der Waals surface area contributed by atoms with Crippen molar-refractivity contribution < 1.29 is 4.79 Å². The number of thiophene rings is 1. The van der Waals surface area contributed by atoms with E-state index in [9.17, 15) is 4.79 Å². The monoisotopic (exact) mass is 321 g/mol. The molecule has 4 nitrogen and oxygen atoms in total. The number of aromatic nitrogens is 1. The number of carbonyl (C=O) groups excluding carboxylic acids is 1. The Labute approximate surface area is 132 Å². The first-order valence-corrected chi connectivity index (χ1v) is 8.98. The van der Waals surface area contributed by atoms with Crippen molar-refractivity contribution in [2.24, 2.45) is 5.92 Å². The zero-order valence-electron chi connectivity index (χ0n) is 12.0. The third-order valence-electron chi connectivity index (χ3n) is 4.03. The van der Waals surface area contributed by atoms with Crippen LogP contribution in [0.5, 0.6) is 0 Å². The molecule has 0 bridgehead atoms. The van der Waals surface area contributed by atoms with Gasteiger partial charge in [-0.05, 0) is 43.8 Å². The number of nitrogens with zero attached hydrogens (tertiary/aromatic N) is 2. The van der Waals surface area contributed by atoms with Crippen LogP contribution in [0.1, 0.15) is 34.2 Å². The van der Waals surface area contributed by atoms with Crippen LogP contribution in [0.2, 0.25) is 0 Å². The van der Waals surface area contributed by atoms with Crippen LogP contribution in [0, 0.1) is 5.92 Å². The van der Waals surface area contributed by atoms with Gasteiger partial charge >= 0.3 is 0 Å². The molecule has 0 radical (unpaired) electrons. The number of hydrogen-bond donors (Lipinski definition) is 1. The van der Waals surface area contributed by atoms with Crippen LogP contribution in [0.3, 0.4) is 0 Å². The number of hydrogen-bond acceptors (Lipinski definition) is 5. The molecule has 112 valence electrons. The van der Waals surface area contributed by atoms with Gasteiger partial charge < -0.3 is 5.32 Å². The largest absolute Gasteiger partial charge is 0.350 e. The van der Waals surface area contributed by atoms with E-state index in [1.54, 1.807) is 22.2 Å². The lowest BCUT2D eigenvalue weighted by atomic mass is 9.88. The Morgan fingerprint density at radius 2 is 2.48 bits per heavy atom.